The zero-order valence-corrected chi connectivity index (χ0v) is 10.4. The number of hydrogen-bond acceptors (Lipinski definition) is 4. The average Bonchev–Trinajstić information content (AvgIpc) is 2.49. The van der Waals surface area contributed by atoms with E-state index in [1.54, 1.807) is 36.5 Å². The number of hydrogen-bond donors (Lipinski definition) is 2. The number of carbonyl (C=O) groups is 2. The highest BCUT2D eigenvalue weighted by molar-refractivity contribution is 6.08. The van der Waals surface area contributed by atoms with Crippen LogP contribution in [0.2, 0.25) is 0 Å². The number of anilines is 2. The van der Waals surface area contributed by atoms with Gasteiger partial charge in [0.05, 0.1) is 11.3 Å². The van der Waals surface area contributed by atoms with E-state index in [0.29, 0.717) is 22.7 Å². The standard InChI is InChI=1S/C14H11N3O3/c18-12-8-20-11-5-1-4-10(13(11)17-12)16-14(19)9-3-2-6-15-7-9/h1-7H,8H2,(H,16,19)(H,17,18). The summed E-state index contributed by atoms with van der Waals surface area (Å²) in [6, 6.07) is 8.51. The van der Waals surface area contributed by atoms with Crippen molar-refractivity contribution in [2.75, 3.05) is 17.2 Å². The van der Waals surface area contributed by atoms with Gasteiger partial charge >= 0.3 is 0 Å². The van der Waals surface area contributed by atoms with E-state index in [2.05, 4.69) is 15.6 Å². The van der Waals surface area contributed by atoms with Crippen LogP contribution in [-0.4, -0.2) is 23.4 Å². The summed E-state index contributed by atoms with van der Waals surface area (Å²) in [6.45, 7) is -0.0208. The van der Waals surface area contributed by atoms with Crippen molar-refractivity contribution in [3.8, 4) is 5.75 Å². The number of aromatic nitrogens is 1. The minimum absolute atomic E-state index is 0.0208. The van der Waals surface area contributed by atoms with Crippen molar-refractivity contribution in [3.63, 3.8) is 0 Å². The number of rotatable bonds is 2. The molecular weight excluding hydrogens is 258 g/mol. The molecule has 0 saturated carbocycles. The Morgan fingerprint density at radius 3 is 3.00 bits per heavy atom. The van der Waals surface area contributed by atoms with E-state index < -0.39 is 0 Å². The number of amides is 2. The molecule has 0 fully saturated rings. The van der Waals surface area contributed by atoms with Crippen LogP contribution >= 0.6 is 0 Å². The molecule has 0 radical (unpaired) electrons. The lowest BCUT2D eigenvalue weighted by molar-refractivity contribution is -0.118. The lowest BCUT2D eigenvalue weighted by atomic mass is 10.2. The molecule has 20 heavy (non-hydrogen) atoms. The topological polar surface area (TPSA) is 80.3 Å². The van der Waals surface area contributed by atoms with Gasteiger partial charge in [0.2, 0.25) is 0 Å². The first-order chi connectivity index (χ1) is 9.74. The third kappa shape index (κ3) is 2.31. The van der Waals surface area contributed by atoms with Crippen LogP contribution in [0.25, 0.3) is 0 Å². The zero-order valence-electron chi connectivity index (χ0n) is 10.4. The van der Waals surface area contributed by atoms with E-state index in [1.165, 1.54) is 6.20 Å². The van der Waals surface area contributed by atoms with Crippen molar-refractivity contribution in [1.29, 1.82) is 0 Å². The van der Waals surface area contributed by atoms with Gasteiger partial charge in [0.15, 0.2) is 6.61 Å². The summed E-state index contributed by atoms with van der Waals surface area (Å²) in [7, 11) is 0. The van der Waals surface area contributed by atoms with Crippen LogP contribution in [0.1, 0.15) is 10.4 Å². The highest BCUT2D eigenvalue weighted by Gasteiger charge is 2.20. The molecule has 1 aromatic carbocycles. The van der Waals surface area contributed by atoms with Crippen LogP contribution in [0.3, 0.4) is 0 Å². The average molecular weight is 269 g/mol. The van der Waals surface area contributed by atoms with E-state index >= 15 is 0 Å². The SMILES string of the molecule is O=C1COc2cccc(NC(=O)c3cccnc3)c2N1. The van der Waals surface area contributed by atoms with Crippen LogP contribution in [0.4, 0.5) is 11.4 Å². The van der Waals surface area contributed by atoms with Crippen LogP contribution in [0.5, 0.6) is 5.75 Å². The smallest absolute Gasteiger partial charge is 0.262 e. The van der Waals surface area contributed by atoms with Crippen LogP contribution in [0, 0.1) is 0 Å². The summed E-state index contributed by atoms with van der Waals surface area (Å²) >= 11 is 0. The second-order valence-corrected chi connectivity index (χ2v) is 4.21. The Labute approximate surface area is 114 Å². The third-order valence-electron chi connectivity index (χ3n) is 2.82. The molecule has 100 valence electrons. The van der Waals surface area contributed by atoms with Crippen molar-refractivity contribution < 1.29 is 14.3 Å². The number of pyridine rings is 1. The Balaban J connectivity index is 1.88. The van der Waals surface area contributed by atoms with Crippen LogP contribution in [-0.2, 0) is 4.79 Å². The van der Waals surface area contributed by atoms with Gasteiger partial charge in [-0.15, -0.1) is 0 Å². The Hall–Kier alpha value is -2.89. The quantitative estimate of drug-likeness (QED) is 0.869. The molecule has 6 nitrogen and oxygen atoms in total. The Morgan fingerprint density at radius 2 is 2.20 bits per heavy atom. The molecular formula is C14H11N3O3. The number of nitrogens with zero attached hydrogens (tertiary/aromatic N) is 1. The molecule has 0 saturated heterocycles. The Morgan fingerprint density at radius 1 is 1.30 bits per heavy atom. The molecule has 0 spiro atoms. The monoisotopic (exact) mass is 269 g/mol. The summed E-state index contributed by atoms with van der Waals surface area (Å²) in [5, 5.41) is 5.42. The van der Waals surface area contributed by atoms with Gasteiger partial charge in [0.25, 0.3) is 11.8 Å². The summed E-state index contributed by atoms with van der Waals surface area (Å²) in [5.41, 5.74) is 1.40. The Kier molecular flexibility index (Phi) is 3.04. The van der Waals surface area contributed by atoms with Crippen molar-refractivity contribution in [3.05, 3.63) is 48.3 Å². The fourth-order valence-electron chi connectivity index (χ4n) is 1.89. The second kappa shape index (κ2) is 5.00. The van der Waals surface area contributed by atoms with Gasteiger partial charge in [-0.2, -0.15) is 0 Å². The number of carbonyl (C=O) groups excluding carboxylic acids is 2. The van der Waals surface area contributed by atoms with Gasteiger partial charge < -0.3 is 15.4 Å². The minimum Gasteiger partial charge on any atom is -0.481 e. The molecule has 2 amide bonds. The number of benzene rings is 1. The molecule has 1 aliphatic heterocycles. The largest absolute Gasteiger partial charge is 0.481 e. The third-order valence-corrected chi connectivity index (χ3v) is 2.82. The molecule has 6 heteroatoms. The molecule has 2 N–H and O–H groups in total. The second-order valence-electron chi connectivity index (χ2n) is 4.21. The predicted octanol–water partition coefficient (Wildman–Crippen LogP) is 1.66. The van der Waals surface area contributed by atoms with E-state index in [1.807, 2.05) is 0 Å². The lowest BCUT2D eigenvalue weighted by Crippen LogP contribution is -2.26. The first kappa shape index (κ1) is 12.2. The van der Waals surface area contributed by atoms with Crippen molar-refractivity contribution in [2.45, 2.75) is 0 Å². The minimum atomic E-state index is -0.300. The highest BCUT2D eigenvalue weighted by Crippen LogP contribution is 2.34. The first-order valence-corrected chi connectivity index (χ1v) is 6.01. The molecule has 0 atom stereocenters. The summed E-state index contributed by atoms with van der Waals surface area (Å²) < 4.78 is 5.29. The van der Waals surface area contributed by atoms with Gasteiger partial charge in [-0.25, -0.2) is 0 Å². The number of para-hydroxylation sites is 1. The summed E-state index contributed by atoms with van der Waals surface area (Å²) in [6.07, 6.45) is 3.06. The maximum absolute atomic E-state index is 12.1. The Bertz CT molecular complexity index is 671. The van der Waals surface area contributed by atoms with Crippen molar-refractivity contribution >= 4 is 23.2 Å². The van der Waals surface area contributed by atoms with Gasteiger partial charge in [-0.3, -0.25) is 14.6 Å². The normalized spacial score (nSPS) is 12.9. The van der Waals surface area contributed by atoms with Gasteiger partial charge in [0.1, 0.15) is 11.4 Å². The van der Waals surface area contributed by atoms with E-state index in [0.717, 1.165) is 0 Å². The van der Waals surface area contributed by atoms with Crippen molar-refractivity contribution in [1.82, 2.24) is 4.98 Å². The highest BCUT2D eigenvalue weighted by atomic mass is 16.5. The van der Waals surface area contributed by atoms with Crippen molar-refractivity contribution in [2.24, 2.45) is 0 Å². The fourth-order valence-corrected chi connectivity index (χ4v) is 1.89. The maximum Gasteiger partial charge on any atom is 0.262 e. The molecule has 0 aliphatic carbocycles. The molecule has 1 aromatic heterocycles. The molecule has 1 aliphatic rings. The zero-order chi connectivity index (χ0) is 13.9. The van der Waals surface area contributed by atoms with Crippen LogP contribution < -0.4 is 15.4 Å². The predicted molar refractivity (Wildman–Crippen MR) is 72.8 cm³/mol. The fraction of sp³-hybridized carbons (Fsp3) is 0.0714. The maximum atomic E-state index is 12.1. The first-order valence-electron chi connectivity index (χ1n) is 6.01. The molecule has 3 rings (SSSR count). The number of nitrogens with one attached hydrogen (secondary N) is 2. The summed E-state index contributed by atoms with van der Waals surface area (Å²) in [5.74, 6) is -0.0134. The molecule has 2 aromatic rings. The van der Waals surface area contributed by atoms with E-state index in [-0.39, 0.29) is 18.4 Å². The van der Waals surface area contributed by atoms with Gasteiger partial charge in [0, 0.05) is 12.4 Å². The van der Waals surface area contributed by atoms with E-state index in [4.69, 9.17) is 4.74 Å². The lowest BCUT2D eigenvalue weighted by Gasteiger charge is -2.20. The molecule has 2 heterocycles. The summed E-state index contributed by atoms with van der Waals surface area (Å²) in [4.78, 5) is 27.3. The number of fused-ring (bicyclic) bond motifs is 1. The van der Waals surface area contributed by atoms with Gasteiger partial charge in [-0.1, -0.05) is 6.07 Å². The molecule has 0 unspecified atom stereocenters. The number of ether oxygens (including phenoxy) is 1. The van der Waals surface area contributed by atoms with E-state index in [9.17, 15) is 9.59 Å². The molecule has 0 bridgehead atoms. The van der Waals surface area contributed by atoms with Gasteiger partial charge in [-0.05, 0) is 24.3 Å². The van der Waals surface area contributed by atoms with Crippen LogP contribution in [0.15, 0.2) is 42.7 Å².